The molecule has 0 aromatic heterocycles. The van der Waals surface area contributed by atoms with Gasteiger partial charge in [-0.05, 0) is 27.3 Å². The smallest absolute Gasteiger partial charge is 0.310 e. The Morgan fingerprint density at radius 2 is 2.00 bits per heavy atom. The van der Waals surface area contributed by atoms with Crippen LogP contribution in [0, 0.1) is 5.92 Å². The zero-order chi connectivity index (χ0) is 12.3. The Morgan fingerprint density at radius 3 is 2.44 bits per heavy atom. The average Bonchev–Trinajstić information content (AvgIpc) is 2.66. The Kier molecular flexibility index (Phi) is 3.70. The monoisotopic (exact) mass is 226 g/mol. The number of hydrogen-bond donors (Lipinski definition) is 3. The fourth-order valence-electron chi connectivity index (χ4n) is 1.45. The van der Waals surface area contributed by atoms with Crippen molar-refractivity contribution < 1.29 is 14.7 Å². The summed E-state index contributed by atoms with van der Waals surface area (Å²) >= 11 is 0. The van der Waals surface area contributed by atoms with E-state index in [9.17, 15) is 9.59 Å². The fourth-order valence-corrected chi connectivity index (χ4v) is 1.45. The van der Waals surface area contributed by atoms with E-state index in [-0.39, 0.29) is 11.9 Å². The van der Waals surface area contributed by atoms with Crippen molar-refractivity contribution in [1.29, 1.82) is 0 Å². The number of aliphatic carboxylic acids is 1. The highest BCUT2D eigenvalue weighted by Gasteiger charge is 2.30. The minimum absolute atomic E-state index is 0.129. The Morgan fingerprint density at radius 1 is 1.38 bits per heavy atom. The second-order valence-electron chi connectivity index (χ2n) is 4.52. The molecule has 2 unspecified atom stereocenters. The molecule has 0 bridgehead atoms. The van der Waals surface area contributed by atoms with Crippen LogP contribution in [-0.4, -0.2) is 35.6 Å². The van der Waals surface area contributed by atoms with Crippen molar-refractivity contribution in [2.24, 2.45) is 5.92 Å². The number of hydrogen-bond acceptors (Lipinski definition) is 3. The molecule has 3 N–H and O–H groups in total. The van der Waals surface area contributed by atoms with E-state index in [1.54, 1.807) is 33.0 Å². The summed E-state index contributed by atoms with van der Waals surface area (Å²) in [5.74, 6) is -1.46. The molecular formula is C11H18N2O3. The molecular weight excluding hydrogens is 208 g/mol. The van der Waals surface area contributed by atoms with Gasteiger partial charge < -0.3 is 15.7 Å². The fraction of sp³-hybridized carbons (Fsp3) is 0.636. The predicted molar refractivity (Wildman–Crippen MR) is 60.0 cm³/mol. The van der Waals surface area contributed by atoms with Gasteiger partial charge in [-0.1, -0.05) is 12.2 Å². The lowest BCUT2D eigenvalue weighted by Gasteiger charge is -2.24. The number of nitrogens with one attached hydrogen (secondary N) is 2. The van der Waals surface area contributed by atoms with E-state index in [0.717, 1.165) is 0 Å². The third-order valence-corrected chi connectivity index (χ3v) is 2.91. The molecule has 0 saturated carbocycles. The van der Waals surface area contributed by atoms with Gasteiger partial charge in [0.25, 0.3) is 0 Å². The van der Waals surface area contributed by atoms with E-state index in [1.807, 2.05) is 0 Å². The topological polar surface area (TPSA) is 78.4 Å². The summed E-state index contributed by atoms with van der Waals surface area (Å²) in [7, 11) is 1.71. The molecule has 1 aliphatic rings. The number of likely N-dealkylation sites (N-methyl/N-ethyl adjacent to an activating group) is 1. The Bertz CT molecular complexity index is 323. The number of carbonyl (C=O) groups excluding carboxylic acids is 1. The molecule has 0 saturated heterocycles. The van der Waals surface area contributed by atoms with Gasteiger partial charge in [0.05, 0.1) is 11.5 Å². The molecule has 90 valence electrons. The number of carboxylic acid groups (broad SMARTS) is 1. The van der Waals surface area contributed by atoms with Crippen LogP contribution in [0.2, 0.25) is 0 Å². The van der Waals surface area contributed by atoms with Crippen LogP contribution in [0.15, 0.2) is 12.2 Å². The van der Waals surface area contributed by atoms with Crippen LogP contribution in [0.3, 0.4) is 0 Å². The highest BCUT2D eigenvalue weighted by Crippen LogP contribution is 2.18. The SMILES string of the molecule is CNC(C)(C)C(=O)NC1C=CC(C(=O)O)C1. The molecule has 0 fully saturated rings. The Hall–Kier alpha value is -1.36. The molecule has 16 heavy (non-hydrogen) atoms. The standard InChI is InChI=1S/C11H18N2O3/c1-11(2,12-3)10(16)13-8-5-4-7(6-8)9(14)15/h4-5,7-8,12H,6H2,1-3H3,(H,13,16)(H,14,15). The number of amides is 1. The van der Waals surface area contributed by atoms with Crippen molar-refractivity contribution in [2.45, 2.75) is 31.8 Å². The van der Waals surface area contributed by atoms with Gasteiger partial charge >= 0.3 is 5.97 Å². The second-order valence-corrected chi connectivity index (χ2v) is 4.52. The molecule has 1 rings (SSSR count). The van der Waals surface area contributed by atoms with E-state index in [4.69, 9.17) is 5.11 Å². The maximum atomic E-state index is 11.8. The van der Waals surface area contributed by atoms with Gasteiger partial charge in [-0.25, -0.2) is 0 Å². The molecule has 0 heterocycles. The highest BCUT2D eigenvalue weighted by molar-refractivity contribution is 5.86. The van der Waals surface area contributed by atoms with Crippen LogP contribution in [0.5, 0.6) is 0 Å². The summed E-state index contributed by atoms with van der Waals surface area (Å²) in [6.45, 7) is 3.55. The highest BCUT2D eigenvalue weighted by atomic mass is 16.4. The molecule has 5 heteroatoms. The summed E-state index contributed by atoms with van der Waals surface area (Å²) in [5.41, 5.74) is -0.644. The van der Waals surface area contributed by atoms with Crippen LogP contribution >= 0.6 is 0 Å². The maximum absolute atomic E-state index is 11.8. The molecule has 2 atom stereocenters. The van der Waals surface area contributed by atoms with Crippen LogP contribution in [0.25, 0.3) is 0 Å². The molecule has 0 aromatic carbocycles. The van der Waals surface area contributed by atoms with Crippen molar-refractivity contribution in [3.05, 3.63) is 12.2 Å². The summed E-state index contributed by atoms with van der Waals surface area (Å²) in [4.78, 5) is 22.5. The molecule has 0 aromatic rings. The predicted octanol–water partition coefficient (Wildman–Crippen LogP) is 0.130. The molecule has 0 spiro atoms. The van der Waals surface area contributed by atoms with E-state index in [0.29, 0.717) is 6.42 Å². The summed E-state index contributed by atoms with van der Waals surface area (Å²) in [6, 6.07) is -0.179. The average molecular weight is 226 g/mol. The van der Waals surface area contributed by atoms with Crippen molar-refractivity contribution in [3.63, 3.8) is 0 Å². The zero-order valence-corrected chi connectivity index (χ0v) is 9.78. The number of carbonyl (C=O) groups is 2. The lowest BCUT2D eigenvalue weighted by molar-refractivity contribution is -0.140. The largest absolute Gasteiger partial charge is 0.481 e. The molecule has 0 radical (unpaired) electrons. The van der Waals surface area contributed by atoms with Gasteiger partial charge in [0.15, 0.2) is 0 Å². The van der Waals surface area contributed by atoms with E-state index >= 15 is 0 Å². The third-order valence-electron chi connectivity index (χ3n) is 2.91. The first-order valence-corrected chi connectivity index (χ1v) is 5.28. The molecule has 1 amide bonds. The first kappa shape index (κ1) is 12.7. The lowest BCUT2D eigenvalue weighted by Crippen LogP contribution is -2.53. The minimum atomic E-state index is -0.846. The van der Waals surface area contributed by atoms with Gasteiger partial charge in [0.2, 0.25) is 5.91 Å². The summed E-state index contributed by atoms with van der Waals surface area (Å²) < 4.78 is 0. The zero-order valence-electron chi connectivity index (χ0n) is 9.78. The minimum Gasteiger partial charge on any atom is -0.481 e. The quantitative estimate of drug-likeness (QED) is 0.595. The van der Waals surface area contributed by atoms with Crippen molar-refractivity contribution in [3.8, 4) is 0 Å². The number of carboxylic acids is 1. The van der Waals surface area contributed by atoms with Gasteiger partial charge in [-0.3, -0.25) is 9.59 Å². The van der Waals surface area contributed by atoms with Gasteiger partial charge in [0, 0.05) is 6.04 Å². The molecule has 0 aliphatic heterocycles. The van der Waals surface area contributed by atoms with E-state index in [1.165, 1.54) is 0 Å². The second kappa shape index (κ2) is 4.65. The Labute approximate surface area is 94.9 Å². The third kappa shape index (κ3) is 2.82. The van der Waals surface area contributed by atoms with Crippen molar-refractivity contribution in [1.82, 2.24) is 10.6 Å². The van der Waals surface area contributed by atoms with Crippen LogP contribution < -0.4 is 10.6 Å². The summed E-state index contributed by atoms with van der Waals surface area (Å²) in [5, 5.41) is 14.5. The first-order valence-electron chi connectivity index (χ1n) is 5.28. The lowest BCUT2D eigenvalue weighted by atomic mass is 10.0. The molecule has 1 aliphatic carbocycles. The molecule has 5 nitrogen and oxygen atoms in total. The van der Waals surface area contributed by atoms with Crippen LogP contribution in [0.4, 0.5) is 0 Å². The first-order chi connectivity index (χ1) is 7.36. The van der Waals surface area contributed by atoms with Crippen molar-refractivity contribution >= 4 is 11.9 Å². The maximum Gasteiger partial charge on any atom is 0.310 e. The van der Waals surface area contributed by atoms with Gasteiger partial charge in [-0.2, -0.15) is 0 Å². The van der Waals surface area contributed by atoms with Crippen molar-refractivity contribution in [2.75, 3.05) is 7.05 Å². The summed E-state index contributed by atoms with van der Waals surface area (Å²) in [6.07, 6.45) is 3.79. The number of rotatable bonds is 4. The van der Waals surface area contributed by atoms with Gasteiger partial charge in [-0.15, -0.1) is 0 Å². The Balaban J connectivity index is 2.50. The van der Waals surface area contributed by atoms with Crippen LogP contribution in [-0.2, 0) is 9.59 Å². The van der Waals surface area contributed by atoms with E-state index in [2.05, 4.69) is 10.6 Å². The van der Waals surface area contributed by atoms with Crippen LogP contribution in [0.1, 0.15) is 20.3 Å². The van der Waals surface area contributed by atoms with Gasteiger partial charge in [0.1, 0.15) is 0 Å². The van der Waals surface area contributed by atoms with E-state index < -0.39 is 17.4 Å². The normalized spacial score (nSPS) is 24.4.